The van der Waals surface area contributed by atoms with E-state index in [9.17, 15) is 0 Å². The van der Waals surface area contributed by atoms with Gasteiger partial charge >= 0.3 is 0 Å². The van der Waals surface area contributed by atoms with Crippen molar-refractivity contribution in [3.05, 3.63) is 60.2 Å². The molecule has 0 fully saturated rings. The summed E-state index contributed by atoms with van der Waals surface area (Å²) in [5.74, 6) is 1.55. The van der Waals surface area contributed by atoms with Crippen LogP contribution in [0.15, 0.2) is 54.6 Å². The molecule has 112 valence electrons. The summed E-state index contributed by atoms with van der Waals surface area (Å²) in [4.78, 5) is 0. The van der Waals surface area contributed by atoms with Crippen LogP contribution in [0.2, 0.25) is 0 Å². The van der Waals surface area contributed by atoms with Crippen molar-refractivity contribution in [2.24, 2.45) is 0 Å². The van der Waals surface area contributed by atoms with Crippen LogP contribution in [0.25, 0.3) is 0 Å². The number of hydrogen-bond acceptors (Lipinski definition) is 4. The standard InChI is InChI=1S/C17H20O4/c1-18-15-8-10-16(11-9-15)20-13-17(19-2)21-12-14-6-4-3-5-7-14/h3-11,17H,12-13H2,1-2H3. The first-order valence-corrected chi connectivity index (χ1v) is 6.77. The summed E-state index contributed by atoms with van der Waals surface area (Å²) in [6, 6.07) is 17.4. The molecule has 0 aliphatic rings. The lowest BCUT2D eigenvalue weighted by atomic mass is 10.2. The Bertz CT molecular complexity index is 510. The molecule has 0 saturated heterocycles. The van der Waals surface area contributed by atoms with Crippen LogP contribution in [-0.2, 0) is 16.1 Å². The van der Waals surface area contributed by atoms with E-state index in [1.54, 1.807) is 14.2 Å². The van der Waals surface area contributed by atoms with Crippen molar-refractivity contribution < 1.29 is 18.9 Å². The lowest BCUT2D eigenvalue weighted by molar-refractivity contribution is -0.148. The highest BCUT2D eigenvalue weighted by Crippen LogP contribution is 2.17. The van der Waals surface area contributed by atoms with E-state index in [4.69, 9.17) is 18.9 Å². The summed E-state index contributed by atoms with van der Waals surface area (Å²) in [6.45, 7) is 0.820. The highest BCUT2D eigenvalue weighted by Gasteiger charge is 2.09. The highest BCUT2D eigenvalue weighted by molar-refractivity contribution is 5.31. The second-order valence-electron chi connectivity index (χ2n) is 4.45. The van der Waals surface area contributed by atoms with Crippen LogP contribution >= 0.6 is 0 Å². The molecule has 21 heavy (non-hydrogen) atoms. The van der Waals surface area contributed by atoms with Gasteiger partial charge in [0.1, 0.15) is 18.1 Å². The molecule has 4 nitrogen and oxygen atoms in total. The van der Waals surface area contributed by atoms with E-state index in [0.29, 0.717) is 13.2 Å². The smallest absolute Gasteiger partial charge is 0.191 e. The molecule has 0 radical (unpaired) electrons. The Morgan fingerprint density at radius 3 is 2.14 bits per heavy atom. The summed E-state index contributed by atoms with van der Waals surface area (Å²) in [7, 11) is 3.24. The van der Waals surface area contributed by atoms with E-state index in [1.807, 2.05) is 54.6 Å². The van der Waals surface area contributed by atoms with Crippen molar-refractivity contribution in [2.75, 3.05) is 20.8 Å². The SMILES string of the molecule is COc1ccc(OCC(OC)OCc2ccccc2)cc1. The van der Waals surface area contributed by atoms with E-state index in [0.717, 1.165) is 17.1 Å². The minimum atomic E-state index is -0.410. The van der Waals surface area contributed by atoms with Crippen molar-refractivity contribution in [3.8, 4) is 11.5 Å². The van der Waals surface area contributed by atoms with Crippen molar-refractivity contribution in [1.29, 1.82) is 0 Å². The Morgan fingerprint density at radius 1 is 0.857 bits per heavy atom. The summed E-state index contributed by atoms with van der Waals surface area (Å²) in [6.07, 6.45) is -0.410. The number of rotatable bonds is 8. The summed E-state index contributed by atoms with van der Waals surface area (Å²) in [5.41, 5.74) is 1.10. The molecule has 0 heterocycles. The fourth-order valence-electron chi connectivity index (χ4n) is 1.78. The molecule has 0 aromatic heterocycles. The molecule has 1 atom stereocenters. The maximum absolute atomic E-state index is 5.67. The van der Waals surface area contributed by atoms with Gasteiger partial charge in [-0.05, 0) is 29.8 Å². The van der Waals surface area contributed by atoms with Gasteiger partial charge in [-0.1, -0.05) is 30.3 Å². The number of ether oxygens (including phenoxy) is 4. The minimum absolute atomic E-state index is 0.329. The summed E-state index contributed by atoms with van der Waals surface area (Å²) < 4.78 is 21.7. The molecular weight excluding hydrogens is 268 g/mol. The third kappa shape index (κ3) is 5.10. The van der Waals surface area contributed by atoms with Gasteiger partial charge in [-0.25, -0.2) is 0 Å². The maximum Gasteiger partial charge on any atom is 0.191 e. The van der Waals surface area contributed by atoms with Gasteiger partial charge in [-0.3, -0.25) is 0 Å². The molecule has 2 rings (SSSR count). The monoisotopic (exact) mass is 288 g/mol. The Labute approximate surface area is 125 Å². The van der Waals surface area contributed by atoms with Crippen LogP contribution in [0.5, 0.6) is 11.5 Å². The molecule has 0 aliphatic carbocycles. The van der Waals surface area contributed by atoms with E-state index >= 15 is 0 Å². The summed E-state index contributed by atoms with van der Waals surface area (Å²) in [5, 5.41) is 0. The Hall–Kier alpha value is -2.04. The zero-order chi connectivity index (χ0) is 14.9. The van der Waals surface area contributed by atoms with Crippen LogP contribution in [0.4, 0.5) is 0 Å². The Kier molecular flexibility index (Phi) is 6.06. The van der Waals surface area contributed by atoms with Gasteiger partial charge in [-0.15, -0.1) is 0 Å². The predicted molar refractivity (Wildman–Crippen MR) is 80.5 cm³/mol. The Morgan fingerprint density at radius 2 is 1.52 bits per heavy atom. The minimum Gasteiger partial charge on any atom is -0.497 e. The van der Waals surface area contributed by atoms with Crippen molar-refractivity contribution in [1.82, 2.24) is 0 Å². The molecular formula is C17H20O4. The topological polar surface area (TPSA) is 36.9 Å². The Balaban J connectivity index is 1.79. The first kappa shape index (κ1) is 15.4. The number of hydrogen-bond donors (Lipinski definition) is 0. The van der Waals surface area contributed by atoms with E-state index in [-0.39, 0.29) is 0 Å². The van der Waals surface area contributed by atoms with Gasteiger partial charge in [0.2, 0.25) is 0 Å². The van der Waals surface area contributed by atoms with Crippen LogP contribution in [0.1, 0.15) is 5.56 Å². The van der Waals surface area contributed by atoms with Gasteiger partial charge in [0, 0.05) is 7.11 Å². The van der Waals surface area contributed by atoms with Gasteiger partial charge in [0.05, 0.1) is 13.7 Å². The molecule has 4 heteroatoms. The van der Waals surface area contributed by atoms with E-state index in [2.05, 4.69) is 0 Å². The normalized spacial score (nSPS) is 11.9. The first-order valence-electron chi connectivity index (χ1n) is 6.77. The van der Waals surface area contributed by atoms with E-state index < -0.39 is 6.29 Å². The van der Waals surface area contributed by atoms with Crippen LogP contribution < -0.4 is 9.47 Å². The quantitative estimate of drug-likeness (QED) is 0.699. The zero-order valence-electron chi connectivity index (χ0n) is 12.3. The van der Waals surface area contributed by atoms with Crippen molar-refractivity contribution in [3.63, 3.8) is 0 Å². The largest absolute Gasteiger partial charge is 0.497 e. The lowest BCUT2D eigenvalue weighted by Gasteiger charge is -2.17. The molecule has 2 aromatic rings. The first-order chi connectivity index (χ1) is 10.3. The third-order valence-corrected chi connectivity index (χ3v) is 2.99. The molecule has 0 saturated carbocycles. The summed E-state index contributed by atoms with van der Waals surface area (Å²) >= 11 is 0. The van der Waals surface area contributed by atoms with Gasteiger partial charge < -0.3 is 18.9 Å². The van der Waals surface area contributed by atoms with Gasteiger partial charge in [0.15, 0.2) is 6.29 Å². The number of benzene rings is 2. The van der Waals surface area contributed by atoms with Crippen LogP contribution in [0, 0.1) is 0 Å². The lowest BCUT2D eigenvalue weighted by Crippen LogP contribution is -2.23. The average Bonchev–Trinajstić information content (AvgIpc) is 2.56. The molecule has 0 amide bonds. The van der Waals surface area contributed by atoms with Gasteiger partial charge in [-0.2, -0.15) is 0 Å². The second kappa shape index (κ2) is 8.29. The predicted octanol–water partition coefficient (Wildman–Crippen LogP) is 3.26. The molecule has 0 N–H and O–H groups in total. The highest BCUT2D eigenvalue weighted by atomic mass is 16.7. The molecule has 0 bridgehead atoms. The number of methoxy groups -OCH3 is 2. The molecule has 0 spiro atoms. The second-order valence-corrected chi connectivity index (χ2v) is 4.45. The maximum atomic E-state index is 5.67. The van der Waals surface area contributed by atoms with Crippen LogP contribution in [0.3, 0.4) is 0 Å². The van der Waals surface area contributed by atoms with Gasteiger partial charge in [0.25, 0.3) is 0 Å². The van der Waals surface area contributed by atoms with Crippen molar-refractivity contribution in [2.45, 2.75) is 12.9 Å². The third-order valence-electron chi connectivity index (χ3n) is 2.99. The van der Waals surface area contributed by atoms with E-state index in [1.165, 1.54) is 0 Å². The fraction of sp³-hybridized carbons (Fsp3) is 0.294. The molecule has 0 aliphatic heterocycles. The molecule has 1 unspecified atom stereocenters. The zero-order valence-corrected chi connectivity index (χ0v) is 12.3. The van der Waals surface area contributed by atoms with Crippen molar-refractivity contribution >= 4 is 0 Å². The molecule has 2 aromatic carbocycles. The van der Waals surface area contributed by atoms with Crippen LogP contribution in [-0.4, -0.2) is 27.1 Å². The average molecular weight is 288 g/mol. The fourth-order valence-corrected chi connectivity index (χ4v) is 1.78.